The minimum Gasteiger partial charge on any atom is -0.381 e. The number of fused-ring (bicyclic) bond motifs is 2. The summed E-state index contributed by atoms with van der Waals surface area (Å²) in [6, 6.07) is 13.4. The molecule has 3 aliphatic rings. The van der Waals surface area contributed by atoms with E-state index in [9.17, 15) is 13.8 Å². The fraction of sp³-hybridized carbons (Fsp3) is 0.341. The van der Waals surface area contributed by atoms with Crippen molar-refractivity contribution < 1.29 is 22.7 Å². The summed E-state index contributed by atoms with van der Waals surface area (Å²) in [6.45, 7) is 6.96. The van der Waals surface area contributed by atoms with Crippen LogP contribution in [0.4, 0.5) is 4.39 Å². The second-order valence-electron chi connectivity index (χ2n) is 16.7. The Kier molecular flexibility index (Phi) is 9.49. The molecular formula is C44H43BrFN9O6S. The maximum absolute atomic E-state index is 15.5. The Labute approximate surface area is 363 Å². The molecule has 2 aromatic carbocycles. The molecule has 18 heteroatoms. The molecule has 1 amide bonds. The lowest BCUT2D eigenvalue weighted by Gasteiger charge is -2.34. The Morgan fingerprint density at radius 1 is 1.00 bits per heavy atom. The molecule has 0 radical (unpaired) electrons. The number of aryl methyl sites for hydroxylation is 2. The van der Waals surface area contributed by atoms with Crippen LogP contribution in [0.5, 0.6) is 0 Å². The summed E-state index contributed by atoms with van der Waals surface area (Å²) in [6.07, 6.45) is 10.0. The first-order valence-corrected chi connectivity index (χ1v) is 23.2. The molecule has 2 aliphatic heterocycles. The van der Waals surface area contributed by atoms with Crippen LogP contribution in [-0.2, 0) is 26.3 Å². The molecule has 5 aromatic heterocycles. The molecule has 1 unspecified atom stereocenters. The fourth-order valence-corrected chi connectivity index (χ4v) is 10.8. The molecule has 0 bridgehead atoms. The highest BCUT2D eigenvalue weighted by molar-refractivity contribution is 9.10. The van der Waals surface area contributed by atoms with E-state index in [2.05, 4.69) is 38.2 Å². The second-order valence-corrected chi connectivity index (χ2v) is 19.7. The highest BCUT2D eigenvalue weighted by atomic mass is 79.9. The van der Waals surface area contributed by atoms with Crippen LogP contribution in [0.2, 0.25) is 0 Å². The van der Waals surface area contributed by atoms with Gasteiger partial charge in [-0.25, -0.2) is 27.6 Å². The summed E-state index contributed by atoms with van der Waals surface area (Å²) < 4.78 is 53.3. The van der Waals surface area contributed by atoms with Gasteiger partial charge < -0.3 is 14.0 Å². The number of benzene rings is 2. The number of amides is 1. The van der Waals surface area contributed by atoms with E-state index in [1.807, 2.05) is 17.5 Å². The summed E-state index contributed by atoms with van der Waals surface area (Å²) in [5.74, 6) is -0.190. The zero-order valence-corrected chi connectivity index (χ0v) is 36.8. The Morgan fingerprint density at radius 2 is 1.69 bits per heavy atom. The maximum atomic E-state index is 15.5. The fourth-order valence-electron chi connectivity index (χ4n) is 9.46. The lowest BCUT2D eigenvalue weighted by atomic mass is 9.92. The van der Waals surface area contributed by atoms with Crippen LogP contribution in [0.15, 0.2) is 90.6 Å². The van der Waals surface area contributed by atoms with E-state index in [1.165, 1.54) is 15.4 Å². The minimum atomic E-state index is -2.97. The minimum absolute atomic E-state index is 0.252. The van der Waals surface area contributed by atoms with Gasteiger partial charge in [-0.3, -0.25) is 23.4 Å². The molecule has 1 saturated carbocycles. The van der Waals surface area contributed by atoms with Crippen molar-refractivity contribution in [3.05, 3.63) is 143 Å². The molecule has 7 heterocycles. The highest BCUT2D eigenvalue weighted by Gasteiger charge is 2.54. The Balaban J connectivity index is 1.12. The summed E-state index contributed by atoms with van der Waals surface area (Å²) in [7, 11) is -2.97. The van der Waals surface area contributed by atoms with Crippen LogP contribution in [0, 0.1) is 24.4 Å². The van der Waals surface area contributed by atoms with Crippen molar-refractivity contribution in [2.24, 2.45) is 0 Å². The van der Waals surface area contributed by atoms with Crippen LogP contribution >= 0.6 is 15.9 Å². The quantitative estimate of drug-likeness (QED) is 0.163. The molecule has 2 atom stereocenters. The number of halogens is 2. The number of nitrogens with zero attached hydrogens (tertiary/aromatic N) is 7. The van der Waals surface area contributed by atoms with Crippen molar-refractivity contribution in [3.63, 3.8) is 0 Å². The van der Waals surface area contributed by atoms with E-state index in [1.54, 1.807) is 72.2 Å². The maximum Gasteiger partial charge on any atom is 0.438 e. The molecule has 15 nitrogen and oxygen atoms in total. The van der Waals surface area contributed by atoms with Gasteiger partial charge >= 0.3 is 11.4 Å². The lowest BCUT2D eigenvalue weighted by Crippen LogP contribution is -2.40. The van der Waals surface area contributed by atoms with Gasteiger partial charge in [0, 0.05) is 61.5 Å². The smallest absolute Gasteiger partial charge is 0.381 e. The molecule has 7 aromatic rings. The van der Waals surface area contributed by atoms with Crippen molar-refractivity contribution in [2.45, 2.75) is 75.1 Å². The van der Waals surface area contributed by atoms with Crippen molar-refractivity contribution in [3.8, 4) is 17.2 Å². The molecule has 320 valence electrons. The number of hydrogen-bond donors (Lipinski definition) is 2. The van der Waals surface area contributed by atoms with Crippen LogP contribution in [0.3, 0.4) is 0 Å². The Bertz CT molecular complexity index is 3180. The third-order valence-corrected chi connectivity index (χ3v) is 14.8. The van der Waals surface area contributed by atoms with E-state index in [-0.39, 0.29) is 11.7 Å². The standard InChI is InChI=1S/C44H43BrFN9O6S/c1-24-21-30(22-25(2)37(24)46)55-39(54-18-17-52(43(54)58)29-5-7-31(8-6-29)62(4,47)59)34-26(3)51(16-10-32(34)49-55)40(56)35-36(45)33-23-28(27-11-19-60-20-12-27)9-15-53(33)38(35)44(13-14-44)41-48-42(57)61-50-41/h5-9,15,17-18,21-23,26-27,47H,10-14,16,19-20H2,1-4H3,(H,48,50,57)/t26-,62?/m0/s1. The number of carbonyl (C=O) groups is 1. The third-order valence-electron chi connectivity index (χ3n) is 12.8. The van der Waals surface area contributed by atoms with Gasteiger partial charge in [-0.2, -0.15) is 5.10 Å². The van der Waals surface area contributed by atoms with Gasteiger partial charge in [-0.1, -0.05) is 5.16 Å². The zero-order chi connectivity index (χ0) is 43.4. The Hall–Kier alpha value is -5.85. The first-order chi connectivity index (χ1) is 29.7. The zero-order valence-electron chi connectivity index (χ0n) is 34.4. The van der Waals surface area contributed by atoms with Gasteiger partial charge in [0.25, 0.3) is 5.91 Å². The number of carbonyl (C=O) groups excluding carboxylic acids is 1. The van der Waals surface area contributed by atoms with Crippen molar-refractivity contribution in [1.82, 2.24) is 38.4 Å². The van der Waals surface area contributed by atoms with Gasteiger partial charge in [0.05, 0.1) is 59.5 Å². The third kappa shape index (κ3) is 6.35. The van der Waals surface area contributed by atoms with Crippen molar-refractivity contribution in [1.29, 1.82) is 4.78 Å². The lowest BCUT2D eigenvalue weighted by molar-refractivity contribution is 0.0674. The number of rotatable bonds is 8. The molecular weight excluding hydrogens is 882 g/mol. The first kappa shape index (κ1) is 40.2. The molecule has 2 N–H and O–H groups in total. The summed E-state index contributed by atoms with van der Waals surface area (Å²) >= 11 is 3.90. The van der Waals surface area contributed by atoms with Crippen LogP contribution < -0.4 is 11.4 Å². The summed E-state index contributed by atoms with van der Waals surface area (Å²) in [4.78, 5) is 47.3. The monoisotopic (exact) mass is 923 g/mol. The molecule has 62 heavy (non-hydrogen) atoms. The SMILES string of the molecule is Cc1cc(-n2nc3c(c2-n2ccn(-c4ccc(S(C)(=N)=O)cc4)c2=O)[C@H](C)N(C(=O)c2c(Br)c4cc(C5CCOCC5)ccn4c2C2(c4noc(=O)[nH]4)CC2)CC3)cc(C)c1F. The average molecular weight is 925 g/mol. The number of aromatic amines is 1. The van der Waals surface area contributed by atoms with Crippen molar-refractivity contribution >= 4 is 37.1 Å². The van der Waals surface area contributed by atoms with Gasteiger partial charge in [0.1, 0.15) is 11.6 Å². The van der Waals surface area contributed by atoms with Gasteiger partial charge in [0.15, 0.2) is 5.82 Å². The summed E-state index contributed by atoms with van der Waals surface area (Å²) in [5, 5.41) is 9.19. The second kappa shape index (κ2) is 14.6. The number of ether oxygens (including phenoxy) is 1. The van der Waals surface area contributed by atoms with E-state index < -0.39 is 32.6 Å². The number of hydrogen-bond acceptors (Lipinski definition) is 9. The van der Waals surface area contributed by atoms with Crippen LogP contribution in [0.1, 0.15) is 94.4 Å². The number of nitrogens with one attached hydrogen (secondary N) is 2. The largest absolute Gasteiger partial charge is 0.438 e. The molecule has 0 spiro atoms. The number of pyridine rings is 1. The number of H-pyrrole nitrogens is 1. The normalized spacial score (nSPS) is 18.5. The average Bonchev–Trinajstić information content (AvgIpc) is 3.48. The van der Waals surface area contributed by atoms with Gasteiger partial charge in [0.2, 0.25) is 0 Å². The highest BCUT2D eigenvalue weighted by Crippen LogP contribution is 2.55. The van der Waals surface area contributed by atoms with Crippen molar-refractivity contribution in [2.75, 3.05) is 26.0 Å². The van der Waals surface area contributed by atoms with E-state index in [0.717, 1.165) is 23.9 Å². The predicted octanol–water partition coefficient (Wildman–Crippen LogP) is 7.03. The number of aromatic nitrogens is 7. The van der Waals surface area contributed by atoms with E-state index in [4.69, 9.17) is 19.1 Å². The van der Waals surface area contributed by atoms with E-state index in [0.29, 0.717) is 111 Å². The molecule has 1 saturated heterocycles. The van der Waals surface area contributed by atoms with Crippen LogP contribution in [0.25, 0.3) is 22.7 Å². The molecule has 10 rings (SSSR count). The van der Waals surface area contributed by atoms with E-state index >= 15 is 9.18 Å². The summed E-state index contributed by atoms with van der Waals surface area (Å²) in [5.41, 5.74) is 5.11. The van der Waals surface area contributed by atoms with Gasteiger partial charge in [-0.05, 0) is 134 Å². The Morgan fingerprint density at radius 3 is 2.34 bits per heavy atom. The van der Waals surface area contributed by atoms with Gasteiger partial charge in [-0.15, -0.1) is 0 Å². The molecule has 1 aliphatic carbocycles. The first-order valence-electron chi connectivity index (χ1n) is 20.5. The number of imidazole rings is 1. The molecule has 2 fully saturated rings. The predicted molar refractivity (Wildman–Crippen MR) is 231 cm³/mol. The topological polar surface area (TPSA) is 179 Å². The van der Waals surface area contributed by atoms with Crippen LogP contribution in [-0.4, -0.2) is 74.5 Å².